The van der Waals surface area contributed by atoms with Gasteiger partial charge in [-0.15, -0.1) is 0 Å². The van der Waals surface area contributed by atoms with Gasteiger partial charge in [-0.3, -0.25) is 9.80 Å². The third kappa shape index (κ3) is 6.92. The molecule has 4 aromatic heterocycles. The molecule has 0 aliphatic carbocycles. The maximum atomic E-state index is 16.1. The van der Waals surface area contributed by atoms with E-state index in [1.54, 1.807) is 0 Å². The van der Waals surface area contributed by atoms with Crippen molar-refractivity contribution < 1.29 is 36.5 Å². The molecule has 0 aromatic carbocycles. The van der Waals surface area contributed by atoms with Crippen LogP contribution in [-0.4, -0.2) is 117 Å². The Kier molecular flexibility index (Phi) is 9.48. The van der Waals surface area contributed by atoms with Gasteiger partial charge < -0.3 is 28.7 Å². The number of hydrogen-bond acceptors (Lipinski definition) is 14. The molecule has 8 rings (SSSR count). The first-order chi connectivity index (χ1) is 25.6. The maximum absolute atomic E-state index is 16.1. The molecule has 0 bridgehead atoms. The molecule has 4 aliphatic heterocycles. The molecule has 0 saturated carbocycles. The van der Waals surface area contributed by atoms with Gasteiger partial charge in [-0.05, 0) is 20.8 Å². The molecule has 1 unspecified atom stereocenters. The zero-order valence-electron chi connectivity index (χ0n) is 29.3. The summed E-state index contributed by atoms with van der Waals surface area (Å²) < 4.78 is 82.7. The van der Waals surface area contributed by atoms with E-state index >= 15 is 8.78 Å². The second kappa shape index (κ2) is 14.4. The molecule has 14 nitrogen and oxygen atoms in total. The predicted octanol–water partition coefficient (Wildman–Crippen LogP) is 3.75. The molecule has 0 amide bonds. The summed E-state index contributed by atoms with van der Waals surface area (Å²) in [6.45, 7) is 9.32. The minimum Gasteiger partial charge on any atom is -0.484 e. The molecule has 280 valence electrons. The number of aromatic nitrogens is 6. The lowest BCUT2D eigenvalue weighted by atomic mass is 9.99. The summed E-state index contributed by atoms with van der Waals surface area (Å²) in [7, 11) is 0. The van der Waals surface area contributed by atoms with Crippen LogP contribution in [0.1, 0.15) is 44.2 Å². The second-order valence-electron chi connectivity index (χ2n) is 13.6. The number of rotatable bonds is 7. The van der Waals surface area contributed by atoms with Crippen LogP contribution in [0.25, 0.3) is 0 Å². The highest BCUT2D eigenvalue weighted by Gasteiger charge is 2.43. The Labute approximate surface area is 302 Å². The number of hydrogen-bond donors (Lipinski definition) is 0. The van der Waals surface area contributed by atoms with Crippen molar-refractivity contribution in [2.75, 3.05) is 68.9 Å². The molecule has 0 spiro atoms. The highest BCUT2D eigenvalue weighted by atomic mass is 19.1. The maximum Gasteiger partial charge on any atom is 0.258 e. The molecule has 53 heavy (non-hydrogen) atoms. The van der Waals surface area contributed by atoms with Crippen molar-refractivity contribution in [2.45, 2.75) is 51.0 Å². The fourth-order valence-electron chi connectivity index (χ4n) is 7.56. The number of piperazine rings is 2. The monoisotopic (exact) mass is 738 g/mol. The second-order valence-corrected chi connectivity index (χ2v) is 13.6. The van der Waals surface area contributed by atoms with Crippen molar-refractivity contribution in [1.29, 1.82) is 0 Å². The number of ether oxygens (including phenoxy) is 4. The molecule has 8 heterocycles. The quantitative estimate of drug-likeness (QED) is 0.256. The van der Waals surface area contributed by atoms with E-state index in [0.29, 0.717) is 51.2 Å². The smallest absolute Gasteiger partial charge is 0.258 e. The summed E-state index contributed by atoms with van der Waals surface area (Å²) in [5, 5.41) is 0. The summed E-state index contributed by atoms with van der Waals surface area (Å²) in [6, 6.07) is 1.04. The molecule has 2 saturated heterocycles. The SMILES string of the molecule is C[C@@H]1CN(c2ncc(F)cn2)CCN1[C@H](C)c1nc2c(cc1F)OCC([C@@H](c1nc3c(cc1F)OCCO3)N1CCN(c3ncc(F)cn3)C[C@H]1C)O2. The van der Waals surface area contributed by atoms with Crippen molar-refractivity contribution in [3.05, 3.63) is 71.6 Å². The molecule has 4 aliphatic rings. The average Bonchev–Trinajstić information content (AvgIpc) is 3.16. The first-order valence-corrected chi connectivity index (χ1v) is 17.6. The minimum absolute atomic E-state index is 0.0400. The predicted molar refractivity (Wildman–Crippen MR) is 181 cm³/mol. The fourth-order valence-corrected chi connectivity index (χ4v) is 7.56. The third-order valence-electron chi connectivity index (χ3n) is 10.1. The number of anilines is 2. The largest absolute Gasteiger partial charge is 0.484 e. The van der Waals surface area contributed by atoms with E-state index in [1.165, 1.54) is 12.1 Å². The Morgan fingerprint density at radius 3 is 1.79 bits per heavy atom. The Balaban J connectivity index is 1.06. The molecule has 2 fully saturated rings. The highest BCUT2D eigenvalue weighted by Crippen LogP contribution is 2.41. The van der Waals surface area contributed by atoms with Crippen molar-refractivity contribution in [3.8, 4) is 23.3 Å². The van der Waals surface area contributed by atoms with Crippen LogP contribution in [0.3, 0.4) is 0 Å². The summed E-state index contributed by atoms with van der Waals surface area (Å²) >= 11 is 0. The first-order valence-electron chi connectivity index (χ1n) is 17.6. The lowest BCUT2D eigenvalue weighted by molar-refractivity contribution is -0.0130. The van der Waals surface area contributed by atoms with Gasteiger partial charge in [-0.1, -0.05) is 0 Å². The van der Waals surface area contributed by atoms with E-state index in [2.05, 4.69) is 39.7 Å². The number of halogens is 4. The van der Waals surface area contributed by atoms with Crippen molar-refractivity contribution in [3.63, 3.8) is 0 Å². The number of nitrogens with zero attached hydrogens (tertiary/aromatic N) is 10. The summed E-state index contributed by atoms with van der Waals surface area (Å²) in [4.78, 5) is 33.9. The molecule has 0 N–H and O–H groups in total. The van der Waals surface area contributed by atoms with Crippen LogP contribution in [0.4, 0.5) is 29.5 Å². The van der Waals surface area contributed by atoms with Gasteiger partial charge in [0.15, 0.2) is 29.2 Å². The van der Waals surface area contributed by atoms with E-state index < -0.39 is 41.5 Å². The van der Waals surface area contributed by atoms with Gasteiger partial charge >= 0.3 is 0 Å². The zero-order valence-corrected chi connectivity index (χ0v) is 29.3. The lowest BCUT2D eigenvalue weighted by Crippen LogP contribution is -2.57. The Morgan fingerprint density at radius 2 is 1.19 bits per heavy atom. The van der Waals surface area contributed by atoms with Crippen LogP contribution in [0, 0.1) is 23.3 Å². The molecule has 5 atom stereocenters. The Morgan fingerprint density at radius 1 is 0.660 bits per heavy atom. The standard InChI is InChI=1S/C35H38F4N10O4/c1-19-16-46(34-40-12-22(36)13-41-34)4-6-48(19)21(3)29-24(38)10-27-33(44-29)53-28(18-52-27)31(30-25(39)11-26-32(45-30)51-9-8-50-26)49-7-5-47(17-20(49)2)35-42-14-23(37)15-43-35/h10-15,19-21,28,31H,4-9,16-18H2,1-3H3/t19-,20-,21-,28?,31+/m1/s1. The van der Waals surface area contributed by atoms with Gasteiger partial charge in [0.05, 0.1) is 42.6 Å². The number of pyridine rings is 2. The van der Waals surface area contributed by atoms with Gasteiger partial charge in [-0.2, -0.15) is 0 Å². The van der Waals surface area contributed by atoms with Gasteiger partial charge in [0.2, 0.25) is 11.9 Å². The summed E-state index contributed by atoms with van der Waals surface area (Å²) in [5.41, 5.74) is 0.255. The minimum atomic E-state index is -0.817. The summed E-state index contributed by atoms with van der Waals surface area (Å²) in [5.74, 6) is -0.757. The normalized spacial score (nSPS) is 23.1. The van der Waals surface area contributed by atoms with Crippen LogP contribution < -0.4 is 28.7 Å². The Hall–Kier alpha value is -5.10. The fraction of sp³-hybridized carbons (Fsp3) is 0.486. The van der Waals surface area contributed by atoms with E-state index in [4.69, 9.17) is 18.9 Å². The molecule has 18 heteroatoms. The highest BCUT2D eigenvalue weighted by molar-refractivity contribution is 5.41. The van der Waals surface area contributed by atoms with Crippen LogP contribution in [-0.2, 0) is 0 Å². The average molecular weight is 739 g/mol. The van der Waals surface area contributed by atoms with Crippen LogP contribution >= 0.6 is 0 Å². The van der Waals surface area contributed by atoms with Crippen molar-refractivity contribution >= 4 is 11.9 Å². The lowest BCUT2D eigenvalue weighted by Gasteiger charge is -2.46. The topological polar surface area (TPSA) is 127 Å². The molecular weight excluding hydrogens is 700 g/mol. The van der Waals surface area contributed by atoms with E-state index in [0.717, 1.165) is 24.8 Å². The Bertz CT molecular complexity index is 1950. The van der Waals surface area contributed by atoms with Gasteiger partial charge in [-0.25, -0.2) is 47.5 Å². The van der Waals surface area contributed by atoms with Crippen molar-refractivity contribution in [2.24, 2.45) is 0 Å². The zero-order chi connectivity index (χ0) is 36.8. The molecular formula is C35H38F4N10O4. The molecule has 4 aromatic rings. The van der Waals surface area contributed by atoms with E-state index in [1.807, 2.05) is 30.6 Å². The van der Waals surface area contributed by atoms with Gasteiger partial charge in [0.1, 0.15) is 37.1 Å². The van der Waals surface area contributed by atoms with E-state index in [-0.39, 0.29) is 66.6 Å². The van der Waals surface area contributed by atoms with Gasteiger partial charge in [0, 0.05) is 63.5 Å². The van der Waals surface area contributed by atoms with Crippen LogP contribution in [0.5, 0.6) is 23.3 Å². The van der Waals surface area contributed by atoms with Crippen molar-refractivity contribution in [1.82, 2.24) is 39.7 Å². The van der Waals surface area contributed by atoms with E-state index in [9.17, 15) is 8.78 Å². The van der Waals surface area contributed by atoms with Crippen LogP contribution in [0.2, 0.25) is 0 Å². The third-order valence-corrected chi connectivity index (χ3v) is 10.1. The molecule has 0 radical (unpaired) electrons. The summed E-state index contributed by atoms with van der Waals surface area (Å²) in [6.07, 6.45) is 3.69. The van der Waals surface area contributed by atoms with Gasteiger partial charge in [0.25, 0.3) is 11.8 Å². The number of fused-ring (bicyclic) bond motifs is 2. The van der Waals surface area contributed by atoms with Crippen LogP contribution in [0.15, 0.2) is 36.9 Å². The first kappa shape index (κ1) is 35.0.